The first-order chi connectivity index (χ1) is 12.5. The van der Waals surface area contributed by atoms with Gasteiger partial charge < -0.3 is 9.47 Å². The molecule has 0 fully saturated rings. The van der Waals surface area contributed by atoms with Crippen LogP contribution in [0.3, 0.4) is 0 Å². The molecule has 7 heteroatoms. The van der Waals surface area contributed by atoms with E-state index >= 15 is 0 Å². The van der Waals surface area contributed by atoms with Gasteiger partial charge in [0.15, 0.2) is 0 Å². The SMILES string of the molecule is CC(=O)Oc1ccc(C(c2ccc(OC(C)=O)c(C)c2)C(Cl)(Cl)Cl)cc1C. The maximum absolute atomic E-state index is 11.2. The Morgan fingerprint density at radius 1 is 0.815 bits per heavy atom. The van der Waals surface area contributed by atoms with Crippen molar-refractivity contribution in [2.75, 3.05) is 0 Å². The molecule has 4 nitrogen and oxygen atoms in total. The molecule has 0 aliphatic rings. The monoisotopic (exact) mass is 428 g/mol. The number of carbonyl (C=O) groups is 2. The summed E-state index contributed by atoms with van der Waals surface area (Å²) in [6, 6.07) is 10.5. The summed E-state index contributed by atoms with van der Waals surface area (Å²) in [7, 11) is 0. The van der Waals surface area contributed by atoms with Crippen LogP contribution in [0.25, 0.3) is 0 Å². The fourth-order valence-corrected chi connectivity index (χ4v) is 3.57. The third-order valence-corrected chi connectivity index (χ3v) is 4.55. The Balaban J connectivity index is 2.48. The average molecular weight is 430 g/mol. The minimum atomic E-state index is -1.62. The molecule has 27 heavy (non-hydrogen) atoms. The zero-order valence-corrected chi connectivity index (χ0v) is 17.6. The van der Waals surface area contributed by atoms with Crippen molar-refractivity contribution in [1.29, 1.82) is 0 Å². The Hall–Kier alpha value is -1.75. The number of ether oxygens (including phenoxy) is 2. The summed E-state index contributed by atoms with van der Waals surface area (Å²) in [6.07, 6.45) is 0. The van der Waals surface area contributed by atoms with E-state index < -0.39 is 21.6 Å². The highest BCUT2D eigenvalue weighted by atomic mass is 35.6. The number of aryl methyl sites for hydroxylation is 2. The number of hydrogen-bond acceptors (Lipinski definition) is 4. The molecule has 0 aromatic heterocycles. The van der Waals surface area contributed by atoms with Gasteiger partial charge in [-0.05, 0) is 48.2 Å². The first-order valence-electron chi connectivity index (χ1n) is 8.13. The van der Waals surface area contributed by atoms with Crippen LogP contribution in [0.5, 0.6) is 11.5 Å². The normalized spacial score (nSPS) is 11.4. The highest BCUT2D eigenvalue weighted by molar-refractivity contribution is 6.68. The molecule has 0 saturated carbocycles. The van der Waals surface area contributed by atoms with Crippen LogP contribution in [-0.2, 0) is 9.59 Å². The highest BCUT2D eigenvalue weighted by Gasteiger charge is 2.36. The fourth-order valence-electron chi connectivity index (χ4n) is 2.81. The minimum Gasteiger partial charge on any atom is -0.426 e. The molecule has 2 rings (SSSR count). The highest BCUT2D eigenvalue weighted by Crippen LogP contribution is 2.47. The average Bonchev–Trinajstić information content (AvgIpc) is 2.50. The van der Waals surface area contributed by atoms with Crippen molar-refractivity contribution in [3.05, 3.63) is 58.7 Å². The molecular formula is C20H19Cl3O4. The quantitative estimate of drug-likeness (QED) is 0.358. The van der Waals surface area contributed by atoms with Crippen LogP contribution in [0.15, 0.2) is 36.4 Å². The lowest BCUT2D eigenvalue weighted by Crippen LogP contribution is -2.19. The van der Waals surface area contributed by atoms with Crippen molar-refractivity contribution in [3.63, 3.8) is 0 Å². The van der Waals surface area contributed by atoms with E-state index in [9.17, 15) is 9.59 Å². The molecule has 0 radical (unpaired) electrons. The van der Waals surface area contributed by atoms with Gasteiger partial charge in [0.25, 0.3) is 0 Å². The summed E-state index contributed by atoms with van der Waals surface area (Å²) in [5.74, 6) is -0.468. The second-order valence-electron chi connectivity index (χ2n) is 6.21. The number of alkyl halides is 3. The van der Waals surface area contributed by atoms with E-state index in [2.05, 4.69) is 0 Å². The second kappa shape index (κ2) is 8.51. The van der Waals surface area contributed by atoms with Gasteiger partial charge in [0.2, 0.25) is 3.79 Å². The van der Waals surface area contributed by atoms with E-state index in [1.807, 2.05) is 26.0 Å². The number of esters is 2. The van der Waals surface area contributed by atoms with Crippen LogP contribution in [0.4, 0.5) is 0 Å². The van der Waals surface area contributed by atoms with E-state index in [-0.39, 0.29) is 0 Å². The maximum Gasteiger partial charge on any atom is 0.308 e. The number of rotatable bonds is 4. The lowest BCUT2D eigenvalue weighted by atomic mass is 9.90. The molecule has 2 aromatic rings. The van der Waals surface area contributed by atoms with Gasteiger partial charge in [0.1, 0.15) is 11.5 Å². The lowest BCUT2D eigenvalue weighted by Gasteiger charge is -2.26. The van der Waals surface area contributed by atoms with Gasteiger partial charge in [-0.3, -0.25) is 9.59 Å². The molecule has 0 aliphatic heterocycles. The molecule has 0 N–H and O–H groups in total. The Morgan fingerprint density at radius 3 is 1.44 bits per heavy atom. The molecule has 0 aliphatic carbocycles. The number of hydrogen-bond donors (Lipinski definition) is 0. The van der Waals surface area contributed by atoms with Gasteiger partial charge in [-0.1, -0.05) is 59.1 Å². The van der Waals surface area contributed by atoms with Gasteiger partial charge in [0, 0.05) is 13.8 Å². The van der Waals surface area contributed by atoms with Gasteiger partial charge in [-0.2, -0.15) is 0 Å². The van der Waals surface area contributed by atoms with Crippen molar-refractivity contribution >= 4 is 46.7 Å². The van der Waals surface area contributed by atoms with Crippen molar-refractivity contribution in [3.8, 4) is 11.5 Å². The minimum absolute atomic E-state index is 0.402. The second-order valence-corrected chi connectivity index (χ2v) is 8.58. The Bertz CT molecular complexity index is 807. The third-order valence-electron chi connectivity index (χ3n) is 3.90. The third kappa shape index (κ3) is 5.61. The van der Waals surface area contributed by atoms with Crippen molar-refractivity contribution in [1.82, 2.24) is 0 Å². The largest absolute Gasteiger partial charge is 0.426 e. The van der Waals surface area contributed by atoms with Crippen LogP contribution < -0.4 is 9.47 Å². The van der Waals surface area contributed by atoms with Gasteiger partial charge in [-0.25, -0.2) is 0 Å². The molecule has 0 spiro atoms. The van der Waals surface area contributed by atoms with Crippen LogP contribution in [0, 0.1) is 13.8 Å². The molecule has 0 bridgehead atoms. The number of carbonyl (C=O) groups excluding carboxylic acids is 2. The summed E-state index contributed by atoms with van der Waals surface area (Å²) < 4.78 is 8.69. The van der Waals surface area contributed by atoms with Gasteiger partial charge in [-0.15, -0.1) is 0 Å². The smallest absolute Gasteiger partial charge is 0.308 e. The van der Waals surface area contributed by atoms with Crippen LogP contribution in [0.2, 0.25) is 0 Å². The molecule has 0 heterocycles. The van der Waals surface area contributed by atoms with Crippen molar-refractivity contribution in [2.24, 2.45) is 0 Å². The van der Waals surface area contributed by atoms with Gasteiger partial charge >= 0.3 is 11.9 Å². The molecule has 2 aromatic carbocycles. The Labute approximate surface area is 173 Å². The maximum atomic E-state index is 11.2. The van der Waals surface area contributed by atoms with E-state index in [4.69, 9.17) is 44.3 Å². The molecule has 0 amide bonds. The summed E-state index contributed by atoms with van der Waals surface area (Å²) in [4.78, 5) is 22.4. The summed E-state index contributed by atoms with van der Waals surface area (Å²) in [5.41, 5.74) is 3.00. The topological polar surface area (TPSA) is 52.6 Å². The van der Waals surface area contributed by atoms with Crippen molar-refractivity contribution < 1.29 is 19.1 Å². The molecule has 0 atom stereocenters. The zero-order chi connectivity index (χ0) is 20.4. The van der Waals surface area contributed by atoms with Gasteiger partial charge in [0.05, 0.1) is 5.92 Å². The summed E-state index contributed by atoms with van der Waals surface area (Å²) in [6.45, 7) is 6.30. The van der Waals surface area contributed by atoms with Crippen LogP contribution in [0.1, 0.15) is 42.0 Å². The van der Waals surface area contributed by atoms with Crippen LogP contribution in [-0.4, -0.2) is 15.7 Å². The summed E-state index contributed by atoms with van der Waals surface area (Å²) in [5, 5.41) is 0. The number of halogens is 3. The van der Waals surface area contributed by atoms with Crippen molar-refractivity contribution in [2.45, 2.75) is 37.4 Å². The van der Waals surface area contributed by atoms with E-state index in [1.54, 1.807) is 24.3 Å². The Morgan fingerprint density at radius 2 is 1.19 bits per heavy atom. The zero-order valence-electron chi connectivity index (χ0n) is 15.3. The van der Waals surface area contributed by atoms with E-state index in [0.29, 0.717) is 11.5 Å². The number of benzene rings is 2. The lowest BCUT2D eigenvalue weighted by molar-refractivity contribution is -0.132. The predicted molar refractivity (Wildman–Crippen MR) is 107 cm³/mol. The van der Waals surface area contributed by atoms with E-state index in [0.717, 1.165) is 22.3 Å². The molecular weight excluding hydrogens is 411 g/mol. The standard InChI is InChI=1S/C20H19Cl3O4/c1-11-9-15(5-7-17(11)26-13(3)24)19(20(21,22)23)16-6-8-18(12(2)10-16)27-14(4)25/h5-10,19H,1-4H3. The van der Waals surface area contributed by atoms with Crippen LogP contribution >= 0.6 is 34.8 Å². The Kier molecular flexibility index (Phi) is 6.79. The summed E-state index contributed by atoms with van der Waals surface area (Å²) >= 11 is 18.8. The first-order valence-corrected chi connectivity index (χ1v) is 9.27. The van der Waals surface area contributed by atoms with E-state index in [1.165, 1.54) is 13.8 Å². The predicted octanol–water partition coefficient (Wildman–Crippen LogP) is 5.66. The first kappa shape index (κ1) is 21.5. The molecule has 0 saturated heterocycles. The molecule has 144 valence electrons. The molecule has 0 unspecified atom stereocenters. The fraction of sp³-hybridized carbons (Fsp3) is 0.300.